The molecule has 2 heterocycles. The second kappa shape index (κ2) is 9.02. The molecule has 0 spiro atoms. The van der Waals surface area contributed by atoms with Crippen LogP contribution in [0.2, 0.25) is 0 Å². The molecule has 1 amide bonds. The SMILES string of the molecule is O=C(CSc1nncn1-c1ccccc1)N[C@H](c1ccc(F)cc1)c1cccs1. The second-order valence-electron chi connectivity index (χ2n) is 6.18. The van der Waals surface area contributed by atoms with Gasteiger partial charge in [0.2, 0.25) is 5.91 Å². The van der Waals surface area contributed by atoms with Gasteiger partial charge in [-0.3, -0.25) is 9.36 Å². The summed E-state index contributed by atoms with van der Waals surface area (Å²) in [4.78, 5) is 13.7. The van der Waals surface area contributed by atoms with E-state index in [2.05, 4.69) is 15.5 Å². The number of rotatable bonds is 7. The van der Waals surface area contributed by atoms with Crippen molar-refractivity contribution in [3.8, 4) is 5.69 Å². The Kier molecular flexibility index (Phi) is 6.02. The Balaban J connectivity index is 1.46. The molecule has 5 nitrogen and oxygen atoms in total. The van der Waals surface area contributed by atoms with Gasteiger partial charge in [0, 0.05) is 10.6 Å². The summed E-state index contributed by atoms with van der Waals surface area (Å²) in [5.74, 6) is -0.254. The van der Waals surface area contributed by atoms with E-state index in [9.17, 15) is 9.18 Å². The fourth-order valence-electron chi connectivity index (χ4n) is 2.85. The number of carbonyl (C=O) groups excluding carboxylic acids is 1. The van der Waals surface area contributed by atoms with Crippen LogP contribution in [-0.2, 0) is 4.79 Å². The van der Waals surface area contributed by atoms with E-state index in [1.54, 1.807) is 29.8 Å². The molecule has 0 aliphatic carbocycles. The van der Waals surface area contributed by atoms with Gasteiger partial charge in [-0.05, 0) is 41.3 Å². The molecule has 0 saturated heterocycles. The minimum atomic E-state index is -0.323. The Bertz CT molecular complexity index is 1070. The summed E-state index contributed by atoms with van der Waals surface area (Å²) in [6.07, 6.45) is 1.63. The van der Waals surface area contributed by atoms with Crippen LogP contribution in [-0.4, -0.2) is 26.4 Å². The summed E-state index contributed by atoms with van der Waals surface area (Å²) >= 11 is 2.86. The molecule has 0 radical (unpaired) electrons. The van der Waals surface area contributed by atoms with E-state index in [4.69, 9.17) is 0 Å². The zero-order valence-corrected chi connectivity index (χ0v) is 16.9. The lowest BCUT2D eigenvalue weighted by Gasteiger charge is -2.18. The number of aromatic nitrogens is 3. The van der Waals surface area contributed by atoms with Crippen molar-refractivity contribution in [2.75, 3.05) is 5.75 Å². The van der Waals surface area contributed by atoms with Gasteiger partial charge in [0.25, 0.3) is 0 Å². The Labute approximate surface area is 175 Å². The molecule has 0 fully saturated rings. The van der Waals surface area contributed by atoms with Crippen molar-refractivity contribution < 1.29 is 9.18 Å². The quantitative estimate of drug-likeness (QED) is 0.445. The first-order valence-corrected chi connectivity index (χ1v) is 10.7. The standard InChI is InChI=1S/C21H17FN4OS2/c22-16-10-8-15(9-11-16)20(18-7-4-12-28-18)24-19(27)13-29-21-25-23-14-26(21)17-5-2-1-3-6-17/h1-12,14,20H,13H2,(H,24,27)/t20-/m1/s1. The number of thioether (sulfide) groups is 1. The van der Waals surface area contributed by atoms with Crippen molar-refractivity contribution in [2.45, 2.75) is 11.2 Å². The van der Waals surface area contributed by atoms with Gasteiger partial charge < -0.3 is 5.32 Å². The minimum absolute atomic E-state index is 0.139. The van der Waals surface area contributed by atoms with Crippen molar-refractivity contribution in [2.24, 2.45) is 0 Å². The average molecular weight is 425 g/mol. The number of para-hydroxylation sites is 1. The number of hydrogen-bond donors (Lipinski definition) is 1. The highest BCUT2D eigenvalue weighted by molar-refractivity contribution is 7.99. The average Bonchev–Trinajstić information content (AvgIpc) is 3.44. The second-order valence-corrected chi connectivity index (χ2v) is 8.10. The van der Waals surface area contributed by atoms with Crippen LogP contribution in [0.15, 0.2) is 83.6 Å². The molecular formula is C21H17FN4OS2. The number of thiophene rings is 1. The van der Waals surface area contributed by atoms with Crippen LogP contribution in [0.5, 0.6) is 0 Å². The van der Waals surface area contributed by atoms with Gasteiger partial charge in [0.1, 0.15) is 12.1 Å². The maximum Gasteiger partial charge on any atom is 0.231 e. The molecule has 2 aromatic carbocycles. The first-order chi connectivity index (χ1) is 14.2. The Morgan fingerprint density at radius 3 is 2.62 bits per heavy atom. The molecule has 1 atom stereocenters. The van der Waals surface area contributed by atoms with E-state index < -0.39 is 0 Å². The van der Waals surface area contributed by atoms with Gasteiger partial charge in [0.05, 0.1) is 11.8 Å². The summed E-state index contributed by atoms with van der Waals surface area (Å²) in [6, 6.07) is 19.5. The predicted octanol–water partition coefficient (Wildman–Crippen LogP) is 4.47. The zero-order valence-electron chi connectivity index (χ0n) is 15.2. The summed E-state index contributed by atoms with van der Waals surface area (Å²) in [5, 5.41) is 13.7. The highest BCUT2D eigenvalue weighted by Crippen LogP contribution is 2.27. The lowest BCUT2D eigenvalue weighted by Crippen LogP contribution is -2.30. The number of nitrogens with zero attached hydrogens (tertiary/aromatic N) is 3. The van der Waals surface area contributed by atoms with Gasteiger partial charge in [-0.1, -0.05) is 48.2 Å². The van der Waals surface area contributed by atoms with E-state index in [1.165, 1.54) is 23.9 Å². The van der Waals surface area contributed by atoms with Crippen molar-refractivity contribution in [3.63, 3.8) is 0 Å². The molecule has 2 aromatic heterocycles. The van der Waals surface area contributed by atoms with Gasteiger partial charge in [-0.15, -0.1) is 21.5 Å². The summed E-state index contributed by atoms with van der Waals surface area (Å²) in [5.41, 5.74) is 1.77. The van der Waals surface area contributed by atoms with Gasteiger partial charge in [0.15, 0.2) is 5.16 Å². The Hall–Kier alpha value is -2.97. The Morgan fingerprint density at radius 2 is 1.90 bits per heavy atom. The smallest absolute Gasteiger partial charge is 0.231 e. The molecule has 29 heavy (non-hydrogen) atoms. The third-order valence-electron chi connectivity index (χ3n) is 4.22. The van der Waals surface area contributed by atoms with Gasteiger partial charge in [-0.2, -0.15) is 0 Å². The third kappa shape index (κ3) is 4.72. The van der Waals surface area contributed by atoms with Crippen LogP contribution >= 0.6 is 23.1 Å². The number of hydrogen-bond acceptors (Lipinski definition) is 5. The number of amides is 1. The van der Waals surface area contributed by atoms with E-state index in [0.717, 1.165) is 16.1 Å². The van der Waals surface area contributed by atoms with Gasteiger partial charge in [-0.25, -0.2) is 4.39 Å². The molecule has 0 bridgehead atoms. The topological polar surface area (TPSA) is 59.8 Å². The van der Waals surface area contributed by atoms with Crippen LogP contribution in [0.4, 0.5) is 4.39 Å². The number of halogens is 1. The lowest BCUT2D eigenvalue weighted by atomic mass is 10.1. The molecule has 4 aromatic rings. The van der Waals surface area contributed by atoms with E-state index in [-0.39, 0.29) is 23.5 Å². The van der Waals surface area contributed by atoms with Crippen LogP contribution in [0.3, 0.4) is 0 Å². The normalized spacial score (nSPS) is 11.9. The monoisotopic (exact) mass is 424 g/mol. The first kappa shape index (κ1) is 19.4. The fraction of sp³-hybridized carbons (Fsp3) is 0.0952. The first-order valence-electron chi connectivity index (χ1n) is 8.87. The molecule has 0 unspecified atom stereocenters. The van der Waals surface area contributed by atoms with Crippen molar-refractivity contribution >= 4 is 29.0 Å². The largest absolute Gasteiger partial charge is 0.344 e. The van der Waals surface area contributed by atoms with Crippen molar-refractivity contribution in [3.05, 3.63) is 94.7 Å². The molecule has 0 aliphatic heterocycles. The molecule has 1 N–H and O–H groups in total. The summed E-state index contributed by atoms with van der Waals surface area (Å²) in [7, 11) is 0. The molecule has 0 aliphatic rings. The fourth-order valence-corrected chi connectivity index (χ4v) is 4.39. The van der Waals surface area contributed by atoms with E-state index in [1.807, 2.05) is 52.4 Å². The van der Waals surface area contributed by atoms with Crippen molar-refractivity contribution in [1.29, 1.82) is 0 Å². The molecule has 4 rings (SSSR count). The zero-order chi connectivity index (χ0) is 20.1. The minimum Gasteiger partial charge on any atom is -0.344 e. The van der Waals surface area contributed by atoms with E-state index in [0.29, 0.717) is 5.16 Å². The number of carbonyl (C=O) groups is 1. The lowest BCUT2D eigenvalue weighted by molar-refractivity contribution is -0.119. The molecule has 146 valence electrons. The number of nitrogens with one attached hydrogen (secondary N) is 1. The van der Waals surface area contributed by atoms with Crippen LogP contribution < -0.4 is 5.32 Å². The van der Waals surface area contributed by atoms with Crippen LogP contribution in [0.25, 0.3) is 5.69 Å². The Morgan fingerprint density at radius 1 is 1.10 bits per heavy atom. The molecule has 0 saturated carbocycles. The molecule has 8 heteroatoms. The molecular weight excluding hydrogens is 407 g/mol. The summed E-state index contributed by atoms with van der Waals surface area (Å²) < 4.78 is 15.1. The highest BCUT2D eigenvalue weighted by atomic mass is 32.2. The van der Waals surface area contributed by atoms with Crippen molar-refractivity contribution in [1.82, 2.24) is 20.1 Å². The maximum absolute atomic E-state index is 13.3. The van der Waals surface area contributed by atoms with Crippen LogP contribution in [0.1, 0.15) is 16.5 Å². The number of benzene rings is 2. The predicted molar refractivity (Wildman–Crippen MR) is 113 cm³/mol. The highest BCUT2D eigenvalue weighted by Gasteiger charge is 2.19. The maximum atomic E-state index is 13.3. The third-order valence-corrected chi connectivity index (χ3v) is 6.10. The van der Waals surface area contributed by atoms with E-state index >= 15 is 0 Å². The van der Waals surface area contributed by atoms with Gasteiger partial charge >= 0.3 is 0 Å². The summed E-state index contributed by atoms with van der Waals surface area (Å²) in [6.45, 7) is 0. The van der Waals surface area contributed by atoms with Crippen LogP contribution in [0, 0.1) is 5.82 Å².